The maximum atomic E-state index is 9.44. The minimum Gasteiger partial charge on any atom is -0.493 e. The van der Waals surface area contributed by atoms with Gasteiger partial charge in [-0.25, -0.2) is 4.98 Å². The number of nitrogens with zero attached hydrogens (tertiary/aromatic N) is 3. The number of benzene rings is 1. The zero-order chi connectivity index (χ0) is 19.8. The molecule has 1 aromatic heterocycles. The SMILES string of the molecule is COCc1cc(C)nc(N/N=C\c2cc(OC)c(OC)c(OC)c2)c1C#N. The largest absolute Gasteiger partial charge is 0.493 e. The van der Waals surface area contributed by atoms with Crippen molar-refractivity contribution in [3.63, 3.8) is 0 Å². The first-order chi connectivity index (χ1) is 13.1. The van der Waals surface area contributed by atoms with Gasteiger partial charge >= 0.3 is 0 Å². The summed E-state index contributed by atoms with van der Waals surface area (Å²) >= 11 is 0. The summed E-state index contributed by atoms with van der Waals surface area (Å²) in [6, 6.07) is 7.48. The summed E-state index contributed by atoms with van der Waals surface area (Å²) in [5, 5.41) is 13.6. The number of anilines is 1. The van der Waals surface area contributed by atoms with Crippen molar-refractivity contribution in [2.24, 2.45) is 5.10 Å². The molecule has 0 aliphatic rings. The van der Waals surface area contributed by atoms with Gasteiger partial charge in [-0.15, -0.1) is 0 Å². The molecule has 8 nitrogen and oxygen atoms in total. The highest BCUT2D eigenvalue weighted by atomic mass is 16.5. The number of nitrogens with one attached hydrogen (secondary N) is 1. The second-order valence-corrected chi connectivity index (χ2v) is 5.52. The average Bonchev–Trinajstić information content (AvgIpc) is 2.67. The van der Waals surface area contributed by atoms with E-state index in [1.807, 2.05) is 13.0 Å². The van der Waals surface area contributed by atoms with Gasteiger partial charge in [-0.1, -0.05) is 0 Å². The van der Waals surface area contributed by atoms with E-state index in [0.717, 1.165) is 16.8 Å². The third-order valence-electron chi connectivity index (χ3n) is 3.71. The lowest BCUT2D eigenvalue weighted by Crippen LogP contribution is -2.03. The number of hydrogen-bond donors (Lipinski definition) is 1. The van der Waals surface area contributed by atoms with E-state index in [9.17, 15) is 5.26 Å². The fraction of sp³-hybridized carbons (Fsp3) is 0.316. The highest BCUT2D eigenvalue weighted by Gasteiger charge is 2.13. The molecule has 0 spiro atoms. The van der Waals surface area contributed by atoms with Crippen LogP contribution in [0.3, 0.4) is 0 Å². The monoisotopic (exact) mass is 370 g/mol. The summed E-state index contributed by atoms with van der Waals surface area (Å²) in [6.07, 6.45) is 1.58. The number of rotatable bonds is 8. The van der Waals surface area contributed by atoms with Crippen LogP contribution in [0.25, 0.3) is 0 Å². The molecule has 0 atom stereocenters. The summed E-state index contributed by atoms with van der Waals surface area (Å²) in [5.41, 5.74) is 5.44. The molecular formula is C19H22N4O4. The molecule has 2 aromatic rings. The smallest absolute Gasteiger partial charge is 0.203 e. The molecular weight excluding hydrogens is 348 g/mol. The van der Waals surface area contributed by atoms with Crippen LogP contribution in [-0.4, -0.2) is 39.6 Å². The molecule has 27 heavy (non-hydrogen) atoms. The molecule has 0 aliphatic carbocycles. The Kier molecular flexibility index (Phi) is 6.97. The summed E-state index contributed by atoms with van der Waals surface area (Å²) in [6.45, 7) is 2.16. The number of aromatic nitrogens is 1. The summed E-state index contributed by atoms with van der Waals surface area (Å²) in [7, 11) is 6.21. The van der Waals surface area contributed by atoms with Gasteiger partial charge in [0, 0.05) is 23.9 Å². The summed E-state index contributed by atoms with van der Waals surface area (Å²) in [5.74, 6) is 1.91. The number of aryl methyl sites for hydroxylation is 1. The third kappa shape index (κ3) is 4.65. The summed E-state index contributed by atoms with van der Waals surface area (Å²) < 4.78 is 21.1. The van der Waals surface area contributed by atoms with Crippen molar-refractivity contribution in [3.8, 4) is 23.3 Å². The van der Waals surface area contributed by atoms with Crippen molar-refractivity contribution >= 4 is 12.0 Å². The lowest BCUT2D eigenvalue weighted by atomic mass is 10.1. The average molecular weight is 370 g/mol. The minimum absolute atomic E-state index is 0.317. The Morgan fingerprint density at radius 1 is 1.11 bits per heavy atom. The molecule has 8 heteroatoms. The first-order valence-electron chi connectivity index (χ1n) is 8.06. The van der Waals surface area contributed by atoms with Gasteiger partial charge in [0.25, 0.3) is 0 Å². The molecule has 0 fully saturated rings. The lowest BCUT2D eigenvalue weighted by Gasteiger charge is -2.12. The zero-order valence-electron chi connectivity index (χ0n) is 16.0. The quantitative estimate of drug-likeness (QED) is 0.563. The maximum absolute atomic E-state index is 9.44. The van der Waals surface area contributed by atoms with Gasteiger partial charge in [-0.3, -0.25) is 5.43 Å². The molecule has 0 unspecified atom stereocenters. The van der Waals surface area contributed by atoms with Crippen LogP contribution in [-0.2, 0) is 11.3 Å². The van der Waals surface area contributed by atoms with Crippen LogP contribution in [0.5, 0.6) is 17.2 Å². The normalized spacial score (nSPS) is 10.5. The minimum atomic E-state index is 0.317. The van der Waals surface area contributed by atoms with Gasteiger partial charge in [-0.05, 0) is 25.1 Å². The van der Waals surface area contributed by atoms with Crippen LogP contribution < -0.4 is 19.6 Å². The molecule has 1 aromatic carbocycles. The van der Waals surface area contributed by atoms with Gasteiger partial charge in [0.05, 0.1) is 34.2 Å². The highest BCUT2D eigenvalue weighted by Crippen LogP contribution is 2.37. The Labute approximate surface area is 158 Å². The van der Waals surface area contributed by atoms with Crippen LogP contribution in [0.4, 0.5) is 5.82 Å². The molecule has 142 valence electrons. The molecule has 1 heterocycles. The maximum Gasteiger partial charge on any atom is 0.203 e. The molecule has 1 N–H and O–H groups in total. The van der Waals surface area contributed by atoms with E-state index < -0.39 is 0 Å². The van der Waals surface area contributed by atoms with Gasteiger partial charge in [-0.2, -0.15) is 10.4 Å². The number of pyridine rings is 1. The molecule has 0 saturated heterocycles. The zero-order valence-corrected chi connectivity index (χ0v) is 16.0. The van der Waals surface area contributed by atoms with Crippen molar-refractivity contribution in [2.75, 3.05) is 33.9 Å². The van der Waals surface area contributed by atoms with Gasteiger partial charge in [0.2, 0.25) is 5.75 Å². The Balaban J connectivity index is 2.32. The predicted octanol–water partition coefficient (Wildman–Crippen LogP) is 2.88. The number of methoxy groups -OCH3 is 4. The van der Waals surface area contributed by atoms with E-state index in [1.165, 1.54) is 0 Å². The second-order valence-electron chi connectivity index (χ2n) is 5.52. The van der Waals surface area contributed by atoms with Gasteiger partial charge in [0.15, 0.2) is 17.3 Å². The van der Waals surface area contributed by atoms with Crippen molar-refractivity contribution < 1.29 is 18.9 Å². The summed E-state index contributed by atoms with van der Waals surface area (Å²) in [4.78, 5) is 4.34. The first kappa shape index (κ1) is 20.0. The Morgan fingerprint density at radius 2 is 1.78 bits per heavy atom. The number of ether oxygens (including phenoxy) is 4. The third-order valence-corrected chi connectivity index (χ3v) is 3.71. The Hall–Kier alpha value is -3.31. The van der Waals surface area contributed by atoms with Crippen LogP contribution in [0.1, 0.15) is 22.4 Å². The topological polar surface area (TPSA) is 98.0 Å². The van der Waals surface area contributed by atoms with E-state index in [0.29, 0.717) is 35.2 Å². The Bertz CT molecular complexity index is 850. The lowest BCUT2D eigenvalue weighted by molar-refractivity contribution is 0.184. The van der Waals surface area contributed by atoms with E-state index in [1.54, 1.807) is 46.8 Å². The predicted molar refractivity (Wildman–Crippen MR) is 102 cm³/mol. The Morgan fingerprint density at radius 3 is 2.30 bits per heavy atom. The number of nitriles is 1. The second kappa shape index (κ2) is 9.40. The highest BCUT2D eigenvalue weighted by molar-refractivity contribution is 5.83. The van der Waals surface area contributed by atoms with E-state index >= 15 is 0 Å². The van der Waals surface area contributed by atoms with E-state index in [-0.39, 0.29) is 0 Å². The van der Waals surface area contributed by atoms with Crippen LogP contribution in [0, 0.1) is 18.3 Å². The van der Waals surface area contributed by atoms with Crippen molar-refractivity contribution in [1.29, 1.82) is 5.26 Å². The molecule has 0 bridgehead atoms. The van der Waals surface area contributed by atoms with Crippen molar-refractivity contribution in [1.82, 2.24) is 4.98 Å². The molecule has 0 amide bonds. The van der Waals surface area contributed by atoms with Crippen molar-refractivity contribution in [3.05, 3.63) is 40.6 Å². The molecule has 0 aliphatic heterocycles. The van der Waals surface area contributed by atoms with E-state index in [4.69, 9.17) is 18.9 Å². The van der Waals surface area contributed by atoms with Crippen molar-refractivity contribution in [2.45, 2.75) is 13.5 Å². The molecule has 2 rings (SSSR count). The van der Waals surface area contributed by atoms with Crippen LogP contribution in [0.2, 0.25) is 0 Å². The first-order valence-corrected chi connectivity index (χ1v) is 8.06. The molecule has 0 radical (unpaired) electrons. The fourth-order valence-electron chi connectivity index (χ4n) is 2.56. The molecule has 0 saturated carbocycles. The fourth-order valence-corrected chi connectivity index (χ4v) is 2.56. The standard InChI is InChI=1S/C19H22N4O4/c1-12-6-14(11-24-2)15(9-20)19(22-12)23-21-10-13-7-16(25-3)18(27-5)17(8-13)26-4/h6-8,10H,11H2,1-5H3,(H,22,23)/b21-10-. The van der Waals surface area contributed by atoms with Crippen LogP contribution in [0.15, 0.2) is 23.3 Å². The number of hydrogen-bond acceptors (Lipinski definition) is 8. The van der Waals surface area contributed by atoms with Gasteiger partial charge < -0.3 is 18.9 Å². The van der Waals surface area contributed by atoms with Crippen LogP contribution >= 0.6 is 0 Å². The number of hydrazone groups is 1. The van der Waals surface area contributed by atoms with E-state index in [2.05, 4.69) is 21.6 Å². The van der Waals surface area contributed by atoms with Gasteiger partial charge in [0.1, 0.15) is 11.6 Å².